The lowest BCUT2D eigenvalue weighted by molar-refractivity contribution is -0.126. The first kappa shape index (κ1) is 14.3. The Kier molecular flexibility index (Phi) is 3.22. The molecule has 0 aromatic heterocycles. The highest BCUT2D eigenvalue weighted by molar-refractivity contribution is 9.10. The van der Waals surface area contributed by atoms with Gasteiger partial charge in [0.05, 0.1) is 5.69 Å². The van der Waals surface area contributed by atoms with Gasteiger partial charge >= 0.3 is 0 Å². The van der Waals surface area contributed by atoms with E-state index in [1.807, 2.05) is 18.7 Å². The van der Waals surface area contributed by atoms with Gasteiger partial charge in [-0.3, -0.25) is 9.59 Å². The highest BCUT2D eigenvalue weighted by Crippen LogP contribution is 2.41. The zero-order chi connectivity index (χ0) is 15.4. The van der Waals surface area contributed by atoms with Gasteiger partial charge in [-0.2, -0.15) is 0 Å². The van der Waals surface area contributed by atoms with Gasteiger partial charge < -0.3 is 20.6 Å². The summed E-state index contributed by atoms with van der Waals surface area (Å²) in [6.07, 6.45) is -1.14. The lowest BCUT2D eigenvalue weighted by atomic mass is 9.97. The van der Waals surface area contributed by atoms with Gasteiger partial charge in [0, 0.05) is 28.8 Å². The topological polar surface area (TPSA) is 81.7 Å². The Balaban J connectivity index is 2.06. The molecule has 0 aliphatic carbocycles. The number of hydrogen-bond acceptors (Lipinski definition) is 4. The number of fused-ring (bicyclic) bond motifs is 1. The van der Waals surface area contributed by atoms with E-state index in [1.165, 1.54) is 0 Å². The third-order valence-corrected chi connectivity index (χ3v) is 4.70. The fourth-order valence-corrected chi connectivity index (χ4v) is 3.36. The van der Waals surface area contributed by atoms with Gasteiger partial charge in [0.1, 0.15) is 5.54 Å². The first-order chi connectivity index (χ1) is 9.82. The van der Waals surface area contributed by atoms with Crippen molar-refractivity contribution in [3.05, 3.63) is 22.2 Å². The fraction of sp³-hybridized carbons (Fsp3) is 0.429. The Labute approximate surface area is 130 Å². The number of benzene rings is 1. The summed E-state index contributed by atoms with van der Waals surface area (Å²) >= 11 is 3.48. The molecule has 1 saturated heterocycles. The standard InChI is InChI=1S/C14H16BrN3O3/c1-14(2)13(21)16-3-4-18(14)10-6-9-7(5-8(10)15)11(19)12(20)17-9/h5-6,11,19H,3-4H2,1-2H3,(H,16,21)(H,17,20). The maximum Gasteiger partial charge on any atom is 0.257 e. The Morgan fingerprint density at radius 3 is 2.81 bits per heavy atom. The summed E-state index contributed by atoms with van der Waals surface area (Å²) in [6, 6.07) is 3.53. The summed E-state index contributed by atoms with van der Waals surface area (Å²) in [5.74, 6) is -0.463. The summed E-state index contributed by atoms with van der Waals surface area (Å²) in [5.41, 5.74) is 1.28. The Hall–Kier alpha value is -1.60. The van der Waals surface area contributed by atoms with Gasteiger partial charge in [-0.15, -0.1) is 0 Å². The zero-order valence-electron chi connectivity index (χ0n) is 11.7. The summed E-state index contributed by atoms with van der Waals surface area (Å²) < 4.78 is 0.750. The quantitative estimate of drug-likeness (QED) is 0.707. The fourth-order valence-electron chi connectivity index (χ4n) is 2.78. The molecule has 1 unspecified atom stereocenters. The molecule has 2 aliphatic rings. The first-order valence-corrected chi connectivity index (χ1v) is 7.50. The number of carbonyl (C=O) groups excluding carboxylic acids is 2. The molecule has 2 amide bonds. The number of halogens is 1. The molecule has 3 N–H and O–H groups in total. The molecule has 1 atom stereocenters. The van der Waals surface area contributed by atoms with Crippen LogP contribution >= 0.6 is 15.9 Å². The lowest BCUT2D eigenvalue weighted by Gasteiger charge is -2.43. The summed E-state index contributed by atoms with van der Waals surface area (Å²) in [6.45, 7) is 4.95. The number of anilines is 2. The Morgan fingerprint density at radius 2 is 2.10 bits per heavy atom. The maximum atomic E-state index is 12.1. The van der Waals surface area contributed by atoms with Crippen LogP contribution in [-0.2, 0) is 9.59 Å². The van der Waals surface area contributed by atoms with Crippen LogP contribution in [0, 0.1) is 0 Å². The number of nitrogens with zero attached hydrogens (tertiary/aromatic N) is 1. The van der Waals surface area contributed by atoms with Gasteiger partial charge in [-0.1, -0.05) is 0 Å². The average molecular weight is 354 g/mol. The van der Waals surface area contributed by atoms with E-state index < -0.39 is 17.6 Å². The van der Waals surface area contributed by atoms with Crippen LogP contribution in [0.2, 0.25) is 0 Å². The molecular formula is C14H16BrN3O3. The van der Waals surface area contributed by atoms with Crippen LogP contribution in [0.3, 0.4) is 0 Å². The number of aliphatic hydroxyl groups excluding tert-OH is 1. The van der Waals surface area contributed by atoms with Gasteiger partial charge in [-0.25, -0.2) is 0 Å². The van der Waals surface area contributed by atoms with Crippen molar-refractivity contribution in [1.29, 1.82) is 0 Å². The van der Waals surface area contributed by atoms with Crippen LogP contribution in [0.1, 0.15) is 25.5 Å². The van der Waals surface area contributed by atoms with Crippen LogP contribution in [0.4, 0.5) is 11.4 Å². The second-order valence-corrected chi connectivity index (χ2v) is 6.60. The first-order valence-electron chi connectivity index (χ1n) is 6.70. The van der Waals surface area contributed by atoms with Crippen molar-refractivity contribution in [2.24, 2.45) is 0 Å². The SMILES string of the molecule is CC1(C)C(=O)NCCN1c1cc2c(cc1Br)C(O)C(=O)N2. The van der Waals surface area contributed by atoms with E-state index >= 15 is 0 Å². The van der Waals surface area contributed by atoms with Crippen molar-refractivity contribution in [2.75, 3.05) is 23.3 Å². The minimum Gasteiger partial charge on any atom is -0.378 e. The van der Waals surface area contributed by atoms with E-state index in [0.29, 0.717) is 24.3 Å². The lowest BCUT2D eigenvalue weighted by Crippen LogP contribution is -2.62. The predicted octanol–water partition coefficient (Wildman–Crippen LogP) is 1.15. The van der Waals surface area contributed by atoms with Crippen LogP contribution in [0.25, 0.3) is 0 Å². The van der Waals surface area contributed by atoms with E-state index in [2.05, 4.69) is 26.6 Å². The molecule has 21 heavy (non-hydrogen) atoms. The second kappa shape index (κ2) is 4.71. The number of carbonyl (C=O) groups is 2. The Morgan fingerprint density at radius 1 is 1.38 bits per heavy atom. The van der Waals surface area contributed by atoms with Crippen molar-refractivity contribution >= 4 is 39.1 Å². The molecular weight excluding hydrogens is 338 g/mol. The van der Waals surface area contributed by atoms with Crippen molar-refractivity contribution in [1.82, 2.24) is 5.32 Å². The molecule has 6 nitrogen and oxygen atoms in total. The highest BCUT2D eigenvalue weighted by atomic mass is 79.9. The number of piperazine rings is 1. The predicted molar refractivity (Wildman–Crippen MR) is 82.2 cm³/mol. The molecule has 0 radical (unpaired) electrons. The van der Waals surface area contributed by atoms with Crippen LogP contribution in [0.15, 0.2) is 16.6 Å². The van der Waals surface area contributed by atoms with Gasteiger partial charge in [0.15, 0.2) is 6.10 Å². The number of aliphatic hydroxyl groups is 1. The van der Waals surface area contributed by atoms with Gasteiger partial charge in [0.25, 0.3) is 5.91 Å². The maximum absolute atomic E-state index is 12.1. The van der Waals surface area contributed by atoms with Gasteiger partial charge in [-0.05, 0) is 41.9 Å². The third-order valence-electron chi connectivity index (χ3n) is 4.06. The molecule has 7 heteroatoms. The van der Waals surface area contributed by atoms with Crippen molar-refractivity contribution in [3.63, 3.8) is 0 Å². The van der Waals surface area contributed by atoms with E-state index in [1.54, 1.807) is 12.1 Å². The Bertz CT molecular complexity index is 645. The minimum absolute atomic E-state index is 0.0368. The molecule has 0 spiro atoms. The van der Waals surface area contributed by atoms with E-state index in [4.69, 9.17) is 0 Å². The van der Waals surface area contributed by atoms with Crippen LogP contribution in [0.5, 0.6) is 0 Å². The molecule has 1 aromatic rings. The molecule has 2 aliphatic heterocycles. The average Bonchev–Trinajstić information content (AvgIpc) is 2.68. The zero-order valence-corrected chi connectivity index (χ0v) is 13.3. The number of hydrogen-bond donors (Lipinski definition) is 3. The number of rotatable bonds is 1. The third kappa shape index (κ3) is 2.11. The molecule has 1 aromatic carbocycles. The molecule has 112 valence electrons. The summed E-state index contributed by atoms with van der Waals surface area (Å²) in [7, 11) is 0. The van der Waals surface area contributed by atoms with Crippen molar-refractivity contribution in [3.8, 4) is 0 Å². The molecule has 2 heterocycles. The van der Waals surface area contributed by atoms with Gasteiger partial charge in [0.2, 0.25) is 5.91 Å². The largest absolute Gasteiger partial charge is 0.378 e. The van der Waals surface area contributed by atoms with Crippen molar-refractivity contribution in [2.45, 2.75) is 25.5 Å². The minimum atomic E-state index is -1.14. The monoisotopic (exact) mass is 353 g/mol. The van der Waals surface area contributed by atoms with E-state index in [-0.39, 0.29) is 5.91 Å². The molecule has 0 bridgehead atoms. The molecule has 1 fully saturated rings. The second-order valence-electron chi connectivity index (χ2n) is 5.75. The van der Waals surface area contributed by atoms with Crippen molar-refractivity contribution < 1.29 is 14.7 Å². The number of amides is 2. The number of nitrogens with one attached hydrogen (secondary N) is 2. The normalized spacial score (nSPS) is 23.6. The van der Waals surface area contributed by atoms with E-state index in [0.717, 1.165) is 10.2 Å². The highest BCUT2D eigenvalue weighted by Gasteiger charge is 2.39. The van der Waals surface area contributed by atoms with E-state index in [9.17, 15) is 14.7 Å². The van der Waals surface area contributed by atoms with Crippen LogP contribution in [-0.4, -0.2) is 35.5 Å². The van der Waals surface area contributed by atoms with Crippen LogP contribution < -0.4 is 15.5 Å². The summed E-state index contributed by atoms with van der Waals surface area (Å²) in [4.78, 5) is 25.6. The summed E-state index contributed by atoms with van der Waals surface area (Å²) in [5, 5.41) is 15.3. The molecule has 0 saturated carbocycles. The molecule has 3 rings (SSSR count). The smallest absolute Gasteiger partial charge is 0.257 e.